The van der Waals surface area contributed by atoms with E-state index < -0.39 is 0 Å². The highest BCUT2D eigenvalue weighted by Gasteiger charge is 2.26. The minimum Gasteiger partial charge on any atom is -0.348 e. The minimum atomic E-state index is -0.350. The Labute approximate surface area is 185 Å². The van der Waals surface area contributed by atoms with Gasteiger partial charge in [-0.15, -0.1) is 0 Å². The van der Waals surface area contributed by atoms with Gasteiger partial charge in [0.1, 0.15) is 11.6 Å². The fourth-order valence-electron chi connectivity index (χ4n) is 4.01. The number of nitrogens with two attached hydrogens (primary N) is 1. The second-order valence-corrected chi connectivity index (χ2v) is 7.98. The summed E-state index contributed by atoms with van der Waals surface area (Å²) in [5.74, 6) is -0.165. The average Bonchev–Trinajstić information content (AvgIpc) is 2.78. The third-order valence-electron chi connectivity index (χ3n) is 5.53. The molecule has 2 amide bonds. The number of halogens is 1. The lowest BCUT2D eigenvalue weighted by Gasteiger charge is -2.24. The molecule has 7 nitrogen and oxygen atoms in total. The van der Waals surface area contributed by atoms with Gasteiger partial charge in [-0.1, -0.05) is 19.1 Å². The van der Waals surface area contributed by atoms with Gasteiger partial charge in [0.2, 0.25) is 5.91 Å². The number of nitrogens with zero attached hydrogens (tertiary/aromatic N) is 2. The molecule has 1 unspecified atom stereocenters. The average molecular weight is 433 g/mol. The molecule has 8 heteroatoms. The number of anilines is 1. The predicted molar refractivity (Wildman–Crippen MR) is 120 cm³/mol. The third kappa shape index (κ3) is 4.65. The van der Waals surface area contributed by atoms with Crippen molar-refractivity contribution in [2.45, 2.75) is 31.7 Å². The molecular weight excluding hydrogens is 409 g/mol. The molecule has 1 aliphatic heterocycles. The summed E-state index contributed by atoms with van der Waals surface area (Å²) in [4.78, 5) is 33.3. The van der Waals surface area contributed by atoms with E-state index in [1.807, 2.05) is 13.0 Å². The van der Waals surface area contributed by atoms with Gasteiger partial charge >= 0.3 is 0 Å². The van der Waals surface area contributed by atoms with Gasteiger partial charge in [0.25, 0.3) is 5.91 Å². The maximum absolute atomic E-state index is 13.5. The van der Waals surface area contributed by atoms with Crippen molar-refractivity contribution in [3.05, 3.63) is 77.5 Å². The zero-order valence-electron chi connectivity index (χ0n) is 17.6. The molecule has 1 aliphatic rings. The maximum atomic E-state index is 13.5. The van der Waals surface area contributed by atoms with Crippen molar-refractivity contribution in [1.82, 2.24) is 15.3 Å². The van der Waals surface area contributed by atoms with E-state index in [2.05, 4.69) is 20.6 Å². The summed E-state index contributed by atoms with van der Waals surface area (Å²) >= 11 is 0. The molecular formula is C24H24FN5O2. The van der Waals surface area contributed by atoms with Crippen LogP contribution in [0.3, 0.4) is 0 Å². The van der Waals surface area contributed by atoms with Crippen LogP contribution in [0, 0.1) is 5.82 Å². The minimum absolute atomic E-state index is 0.00665. The Bertz CT molecular complexity index is 1170. The molecule has 0 aliphatic carbocycles. The number of aromatic nitrogens is 2. The highest BCUT2D eigenvalue weighted by Crippen LogP contribution is 2.38. The van der Waals surface area contributed by atoms with E-state index in [-0.39, 0.29) is 36.1 Å². The van der Waals surface area contributed by atoms with Crippen LogP contribution in [0.25, 0.3) is 11.1 Å². The topological polar surface area (TPSA) is 110 Å². The number of fused-ring (bicyclic) bond motifs is 1. The number of carbonyl (C=O) groups excluding carboxylic acids is 2. The lowest BCUT2D eigenvalue weighted by Crippen LogP contribution is -2.41. The molecule has 2 atom stereocenters. The molecule has 164 valence electrons. The van der Waals surface area contributed by atoms with E-state index in [1.54, 1.807) is 30.6 Å². The van der Waals surface area contributed by atoms with Gasteiger partial charge in [0, 0.05) is 48.7 Å². The fraction of sp³-hybridized carbons (Fsp3) is 0.250. The molecule has 0 fully saturated rings. The van der Waals surface area contributed by atoms with Gasteiger partial charge in [0.05, 0.1) is 5.56 Å². The van der Waals surface area contributed by atoms with Crippen LogP contribution in [0.15, 0.2) is 55.0 Å². The smallest absolute Gasteiger partial charge is 0.253 e. The summed E-state index contributed by atoms with van der Waals surface area (Å²) in [5, 5.41) is 5.72. The number of carbonyl (C=O) groups is 2. The molecule has 4 rings (SSSR count). The number of hydrogen-bond donors (Lipinski definition) is 3. The van der Waals surface area contributed by atoms with Crippen molar-refractivity contribution in [3.8, 4) is 11.1 Å². The molecule has 2 aromatic heterocycles. The zero-order chi connectivity index (χ0) is 22.7. The van der Waals surface area contributed by atoms with Gasteiger partial charge in [0.15, 0.2) is 0 Å². The Hall–Kier alpha value is -3.65. The number of rotatable bonds is 6. The molecule has 32 heavy (non-hydrogen) atoms. The Balaban J connectivity index is 1.56. The lowest BCUT2D eigenvalue weighted by molar-refractivity contribution is -0.116. The summed E-state index contributed by atoms with van der Waals surface area (Å²) in [5.41, 5.74) is 9.55. The third-order valence-corrected chi connectivity index (χ3v) is 5.53. The van der Waals surface area contributed by atoms with Crippen LogP contribution >= 0.6 is 0 Å². The highest BCUT2D eigenvalue weighted by atomic mass is 19.1. The Morgan fingerprint density at radius 1 is 1.31 bits per heavy atom. The van der Waals surface area contributed by atoms with E-state index >= 15 is 0 Å². The molecule has 1 aromatic carbocycles. The summed E-state index contributed by atoms with van der Waals surface area (Å²) < 4.78 is 13.5. The number of hydrogen-bond acceptors (Lipinski definition) is 5. The second-order valence-electron chi connectivity index (χ2n) is 7.98. The molecule has 0 spiro atoms. The number of pyridine rings is 2. The van der Waals surface area contributed by atoms with Crippen molar-refractivity contribution in [1.29, 1.82) is 0 Å². The van der Waals surface area contributed by atoms with Gasteiger partial charge in [-0.3, -0.25) is 14.6 Å². The summed E-state index contributed by atoms with van der Waals surface area (Å²) in [6.07, 6.45) is 5.60. The van der Waals surface area contributed by atoms with E-state index in [0.29, 0.717) is 24.2 Å². The molecule has 0 radical (unpaired) electrons. The fourth-order valence-corrected chi connectivity index (χ4v) is 4.01. The molecule has 3 aromatic rings. The predicted octanol–water partition coefficient (Wildman–Crippen LogP) is 3.03. The normalized spacial score (nSPS) is 16.1. The second kappa shape index (κ2) is 9.23. The molecule has 0 saturated carbocycles. The Morgan fingerprint density at radius 3 is 2.94 bits per heavy atom. The largest absolute Gasteiger partial charge is 0.348 e. The van der Waals surface area contributed by atoms with Crippen LogP contribution in [0.5, 0.6) is 0 Å². The SMILES string of the molecule is C[C@H]1CC(=O)Nc2nccc(-c3cncc(C(=O)NC(CN)Cc4cccc(F)c4)c3)c21. The van der Waals surface area contributed by atoms with E-state index in [4.69, 9.17) is 5.73 Å². The Morgan fingerprint density at radius 2 is 2.16 bits per heavy atom. The quantitative estimate of drug-likeness (QED) is 0.554. The van der Waals surface area contributed by atoms with Crippen LogP contribution in [0.1, 0.15) is 40.7 Å². The van der Waals surface area contributed by atoms with Crippen LogP contribution in [-0.2, 0) is 11.2 Å². The van der Waals surface area contributed by atoms with E-state index in [9.17, 15) is 14.0 Å². The summed E-state index contributed by atoms with van der Waals surface area (Å²) in [6.45, 7) is 2.19. The molecule has 0 bridgehead atoms. The van der Waals surface area contributed by atoms with Gasteiger partial charge in [-0.25, -0.2) is 9.37 Å². The van der Waals surface area contributed by atoms with Gasteiger partial charge in [-0.2, -0.15) is 0 Å². The first-order valence-corrected chi connectivity index (χ1v) is 10.4. The van der Waals surface area contributed by atoms with Crippen molar-refractivity contribution < 1.29 is 14.0 Å². The Kier molecular flexibility index (Phi) is 6.23. The van der Waals surface area contributed by atoms with Gasteiger partial charge < -0.3 is 16.4 Å². The van der Waals surface area contributed by atoms with E-state index in [0.717, 1.165) is 22.3 Å². The van der Waals surface area contributed by atoms with Crippen molar-refractivity contribution in [2.24, 2.45) is 5.73 Å². The zero-order valence-corrected chi connectivity index (χ0v) is 17.6. The van der Waals surface area contributed by atoms with Crippen LogP contribution < -0.4 is 16.4 Å². The van der Waals surface area contributed by atoms with Gasteiger partial charge in [-0.05, 0) is 47.7 Å². The number of benzene rings is 1. The molecule has 4 N–H and O–H groups in total. The first-order valence-electron chi connectivity index (χ1n) is 10.4. The van der Waals surface area contributed by atoms with Crippen LogP contribution in [-0.4, -0.2) is 34.4 Å². The molecule has 0 saturated heterocycles. The van der Waals surface area contributed by atoms with E-state index in [1.165, 1.54) is 18.3 Å². The standard InChI is InChI=1S/C24H24FN5O2/c1-14-7-21(31)30-23-22(14)20(5-6-28-23)16-10-17(13-27-12-16)24(32)29-19(11-26)9-15-3-2-4-18(25)8-15/h2-6,8,10,12-14,19H,7,9,11,26H2,1H3,(H,29,32)(H,28,30,31)/t14-,19?/m0/s1. The van der Waals surface area contributed by atoms with Crippen molar-refractivity contribution in [2.75, 3.05) is 11.9 Å². The first-order chi connectivity index (χ1) is 15.4. The van der Waals surface area contributed by atoms with Crippen LogP contribution in [0.4, 0.5) is 10.2 Å². The van der Waals surface area contributed by atoms with Crippen molar-refractivity contribution >= 4 is 17.6 Å². The first kappa shape index (κ1) is 21.6. The maximum Gasteiger partial charge on any atom is 0.253 e. The highest BCUT2D eigenvalue weighted by molar-refractivity contribution is 5.97. The number of amides is 2. The van der Waals surface area contributed by atoms with Crippen molar-refractivity contribution in [3.63, 3.8) is 0 Å². The summed E-state index contributed by atoms with van der Waals surface area (Å²) in [6, 6.07) is 9.51. The number of nitrogens with one attached hydrogen (secondary N) is 2. The lowest BCUT2D eigenvalue weighted by atomic mass is 9.88. The monoisotopic (exact) mass is 433 g/mol. The summed E-state index contributed by atoms with van der Waals surface area (Å²) in [7, 11) is 0. The van der Waals surface area contributed by atoms with Crippen LogP contribution in [0.2, 0.25) is 0 Å². The molecule has 3 heterocycles.